The molecule has 0 aromatic rings. The number of carboxylic acid groups (broad SMARTS) is 1. The van der Waals surface area contributed by atoms with Gasteiger partial charge in [-0.05, 0) is 44.6 Å². The number of nitrogens with zero attached hydrogens (tertiary/aromatic N) is 1. The molecule has 0 amide bonds. The largest absolute Gasteiger partial charge is 0.480 e. The standard InChI is InChI=1S/C13H24N2O2/c1-10-3-2-7-15(9-10)8-6-12(13(16)17)14-11-4-5-11/h10-12,14H,2-9H2,1H3,(H,16,17). The first kappa shape index (κ1) is 12.8. The van der Waals surface area contributed by atoms with E-state index in [9.17, 15) is 4.79 Å². The van der Waals surface area contributed by atoms with Crippen molar-refractivity contribution in [2.24, 2.45) is 5.92 Å². The molecule has 0 aromatic carbocycles. The van der Waals surface area contributed by atoms with Crippen LogP contribution in [0.15, 0.2) is 0 Å². The van der Waals surface area contributed by atoms with Crippen LogP contribution in [0.25, 0.3) is 0 Å². The van der Waals surface area contributed by atoms with E-state index in [0.29, 0.717) is 6.04 Å². The van der Waals surface area contributed by atoms with Crippen LogP contribution >= 0.6 is 0 Å². The van der Waals surface area contributed by atoms with Gasteiger partial charge in [-0.3, -0.25) is 4.79 Å². The predicted molar refractivity (Wildman–Crippen MR) is 67.0 cm³/mol. The van der Waals surface area contributed by atoms with Crippen molar-refractivity contribution in [2.45, 2.75) is 51.1 Å². The maximum atomic E-state index is 11.1. The van der Waals surface area contributed by atoms with Crippen LogP contribution in [0.5, 0.6) is 0 Å². The van der Waals surface area contributed by atoms with Gasteiger partial charge in [0.25, 0.3) is 0 Å². The summed E-state index contributed by atoms with van der Waals surface area (Å²) >= 11 is 0. The molecule has 1 heterocycles. The molecule has 4 nitrogen and oxygen atoms in total. The summed E-state index contributed by atoms with van der Waals surface area (Å²) in [4.78, 5) is 13.5. The first-order chi connectivity index (χ1) is 8.15. The average Bonchev–Trinajstić information content (AvgIpc) is 3.07. The average molecular weight is 240 g/mol. The summed E-state index contributed by atoms with van der Waals surface area (Å²) in [5.41, 5.74) is 0. The van der Waals surface area contributed by atoms with Crippen molar-refractivity contribution in [1.82, 2.24) is 10.2 Å². The second kappa shape index (κ2) is 5.83. The van der Waals surface area contributed by atoms with Gasteiger partial charge in [0, 0.05) is 19.1 Å². The molecular weight excluding hydrogens is 216 g/mol. The van der Waals surface area contributed by atoms with Gasteiger partial charge in [-0.2, -0.15) is 0 Å². The van der Waals surface area contributed by atoms with Gasteiger partial charge in [0.05, 0.1) is 0 Å². The van der Waals surface area contributed by atoms with E-state index in [4.69, 9.17) is 5.11 Å². The Morgan fingerprint density at radius 2 is 2.24 bits per heavy atom. The Morgan fingerprint density at radius 3 is 2.82 bits per heavy atom. The number of carbonyl (C=O) groups is 1. The summed E-state index contributed by atoms with van der Waals surface area (Å²) in [6.07, 6.45) is 5.60. The Kier molecular flexibility index (Phi) is 4.40. The van der Waals surface area contributed by atoms with Gasteiger partial charge in [-0.1, -0.05) is 6.92 Å². The van der Waals surface area contributed by atoms with Gasteiger partial charge in [0.2, 0.25) is 0 Å². The maximum Gasteiger partial charge on any atom is 0.320 e. The number of hydrogen-bond donors (Lipinski definition) is 2. The SMILES string of the molecule is CC1CCCN(CCC(NC2CC2)C(=O)O)C1. The topological polar surface area (TPSA) is 52.6 Å². The smallest absolute Gasteiger partial charge is 0.320 e. The van der Waals surface area contributed by atoms with Crippen molar-refractivity contribution in [2.75, 3.05) is 19.6 Å². The zero-order chi connectivity index (χ0) is 12.3. The molecule has 17 heavy (non-hydrogen) atoms. The van der Waals surface area contributed by atoms with Gasteiger partial charge < -0.3 is 15.3 Å². The minimum Gasteiger partial charge on any atom is -0.480 e. The highest BCUT2D eigenvalue weighted by molar-refractivity contribution is 5.73. The zero-order valence-electron chi connectivity index (χ0n) is 10.7. The van der Waals surface area contributed by atoms with Crippen LogP contribution in [0.4, 0.5) is 0 Å². The van der Waals surface area contributed by atoms with E-state index in [2.05, 4.69) is 17.1 Å². The normalized spacial score (nSPS) is 27.9. The third kappa shape index (κ3) is 4.28. The number of carboxylic acids is 1. The zero-order valence-corrected chi connectivity index (χ0v) is 10.7. The van der Waals surface area contributed by atoms with Crippen molar-refractivity contribution >= 4 is 5.97 Å². The fraction of sp³-hybridized carbons (Fsp3) is 0.923. The monoisotopic (exact) mass is 240 g/mol. The molecule has 2 fully saturated rings. The van der Waals surface area contributed by atoms with E-state index in [0.717, 1.165) is 44.8 Å². The molecule has 0 aromatic heterocycles. The van der Waals surface area contributed by atoms with Crippen LogP contribution in [0.3, 0.4) is 0 Å². The summed E-state index contributed by atoms with van der Waals surface area (Å²) < 4.78 is 0. The molecule has 2 unspecified atom stereocenters. The Morgan fingerprint density at radius 1 is 1.47 bits per heavy atom. The Bertz CT molecular complexity index is 266. The Hall–Kier alpha value is -0.610. The van der Waals surface area contributed by atoms with Gasteiger partial charge in [0.15, 0.2) is 0 Å². The lowest BCUT2D eigenvalue weighted by atomic mass is 10.00. The molecule has 4 heteroatoms. The fourth-order valence-electron chi connectivity index (χ4n) is 2.61. The van der Waals surface area contributed by atoms with Gasteiger partial charge in [-0.15, -0.1) is 0 Å². The lowest BCUT2D eigenvalue weighted by molar-refractivity contribution is -0.139. The quantitative estimate of drug-likeness (QED) is 0.735. The summed E-state index contributed by atoms with van der Waals surface area (Å²) in [6, 6.07) is 0.121. The molecule has 0 radical (unpaired) electrons. The molecule has 0 bridgehead atoms. The van der Waals surface area contributed by atoms with Gasteiger partial charge >= 0.3 is 5.97 Å². The first-order valence-electron chi connectivity index (χ1n) is 6.86. The number of likely N-dealkylation sites (tertiary alicyclic amines) is 1. The van der Waals surface area contributed by atoms with E-state index < -0.39 is 5.97 Å². The van der Waals surface area contributed by atoms with Crippen molar-refractivity contribution < 1.29 is 9.90 Å². The molecule has 0 spiro atoms. The summed E-state index contributed by atoms with van der Waals surface area (Å²) in [7, 11) is 0. The number of hydrogen-bond acceptors (Lipinski definition) is 3. The molecule has 1 saturated carbocycles. The third-order valence-electron chi connectivity index (χ3n) is 3.79. The van der Waals surface area contributed by atoms with Gasteiger partial charge in [-0.25, -0.2) is 0 Å². The van der Waals surface area contributed by atoms with E-state index in [-0.39, 0.29) is 6.04 Å². The second-order valence-electron chi connectivity index (χ2n) is 5.67. The minimum absolute atomic E-state index is 0.347. The van der Waals surface area contributed by atoms with E-state index in [1.54, 1.807) is 0 Å². The molecular formula is C13H24N2O2. The lowest BCUT2D eigenvalue weighted by Gasteiger charge is -2.31. The van der Waals surface area contributed by atoms with E-state index >= 15 is 0 Å². The molecule has 1 aliphatic carbocycles. The van der Waals surface area contributed by atoms with Crippen LogP contribution in [0, 0.1) is 5.92 Å². The van der Waals surface area contributed by atoms with Crippen molar-refractivity contribution in [1.29, 1.82) is 0 Å². The van der Waals surface area contributed by atoms with E-state index in [1.807, 2.05) is 0 Å². The van der Waals surface area contributed by atoms with Crippen molar-refractivity contribution in [3.05, 3.63) is 0 Å². The Balaban J connectivity index is 1.71. The lowest BCUT2D eigenvalue weighted by Crippen LogP contribution is -2.42. The maximum absolute atomic E-state index is 11.1. The minimum atomic E-state index is -0.693. The highest BCUT2D eigenvalue weighted by Crippen LogP contribution is 2.20. The summed E-state index contributed by atoms with van der Waals surface area (Å²) in [6.45, 7) is 5.47. The van der Waals surface area contributed by atoms with Crippen LogP contribution in [-0.2, 0) is 4.79 Å². The van der Waals surface area contributed by atoms with Crippen LogP contribution in [0.1, 0.15) is 39.0 Å². The first-order valence-corrected chi connectivity index (χ1v) is 6.86. The number of rotatable bonds is 6. The molecule has 2 N–H and O–H groups in total. The number of nitrogens with one attached hydrogen (secondary N) is 1. The Labute approximate surface area is 103 Å². The second-order valence-corrected chi connectivity index (χ2v) is 5.67. The number of piperidine rings is 1. The highest BCUT2D eigenvalue weighted by Gasteiger charge is 2.28. The van der Waals surface area contributed by atoms with Crippen molar-refractivity contribution in [3.8, 4) is 0 Å². The van der Waals surface area contributed by atoms with Gasteiger partial charge in [0.1, 0.15) is 6.04 Å². The van der Waals surface area contributed by atoms with Crippen molar-refractivity contribution in [3.63, 3.8) is 0 Å². The number of aliphatic carboxylic acids is 1. The van der Waals surface area contributed by atoms with E-state index in [1.165, 1.54) is 12.8 Å². The molecule has 98 valence electrons. The predicted octanol–water partition coefficient (Wildman–Crippen LogP) is 1.31. The molecule has 2 atom stereocenters. The summed E-state index contributed by atoms with van der Waals surface area (Å²) in [5.74, 6) is 0.0744. The van der Waals surface area contributed by atoms with Crippen LogP contribution < -0.4 is 5.32 Å². The third-order valence-corrected chi connectivity index (χ3v) is 3.79. The molecule has 1 saturated heterocycles. The fourth-order valence-corrected chi connectivity index (χ4v) is 2.61. The van der Waals surface area contributed by atoms with Crippen LogP contribution in [-0.4, -0.2) is 47.7 Å². The molecule has 1 aliphatic heterocycles. The van der Waals surface area contributed by atoms with Crippen LogP contribution in [0.2, 0.25) is 0 Å². The summed E-state index contributed by atoms with van der Waals surface area (Å²) in [5, 5.41) is 12.4. The molecule has 2 rings (SSSR count). The highest BCUT2D eigenvalue weighted by atomic mass is 16.4. The molecule has 2 aliphatic rings.